The molecule has 0 N–H and O–H groups in total. The molecule has 34 heavy (non-hydrogen) atoms. The lowest BCUT2D eigenvalue weighted by molar-refractivity contribution is 0.0755. The van der Waals surface area contributed by atoms with Crippen LogP contribution in [0.4, 0.5) is 0 Å². The molecule has 0 bridgehead atoms. The summed E-state index contributed by atoms with van der Waals surface area (Å²) in [6.45, 7) is 8.96. The largest absolute Gasteiger partial charge is 0.420 e. The Hall–Kier alpha value is -0.509. The van der Waals surface area contributed by atoms with Crippen molar-refractivity contribution in [1.82, 2.24) is 0 Å². The van der Waals surface area contributed by atoms with Gasteiger partial charge in [0.25, 0.3) is 8.32 Å². The van der Waals surface area contributed by atoms with Gasteiger partial charge >= 0.3 is 0 Å². The van der Waals surface area contributed by atoms with E-state index in [1.165, 1.54) is 88.0 Å². The molecular formula is C28H48O3Si3. The highest BCUT2D eigenvalue weighted by Crippen LogP contribution is 2.40. The molecule has 3 atom stereocenters. The van der Waals surface area contributed by atoms with E-state index in [1.807, 2.05) is 0 Å². The zero-order valence-corrected chi connectivity index (χ0v) is 25.4. The Morgan fingerprint density at radius 3 is 2.41 bits per heavy atom. The van der Waals surface area contributed by atoms with Crippen LogP contribution in [0.25, 0.3) is 0 Å². The molecule has 190 valence electrons. The highest BCUT2D eigenvalue weighted by Gasteiger charge is 2.49. The van der Waals surface area contributed by atoms with Gasteiger partial charge in [-0.3, -0.25) is 0 Å². The minimum Gasteiger partial charge on any atom is -0.420 e. The van der Waals surface area contributed by atoms with Crippen LogP contribution in [-0.4, -0.2) is 45.2 Å². The van der Waals surface area contributed by atoms with Crippen LogP contribution < -0.4 is 5.19 Å². The zero-order valence-electron chi connectivity index (χ0n) is 22.1. The van der Waals surface area contributed by atoms with Gasteiger partial charge in [0.1, 0.15) is 0 Å². The number of hydrogen-bond acceptors (Lipinski definition) is 3. The Labute approximate surface area is 213 Å². The summed E-state index contributed by atoms with van der Waals surface area (Å²) in [4.78, 5) is 0. The molecule has 3 aliphatic rings. The number of allylic oxidation sites excluding steroid dienone is 2. The summed E-state index contributed by atoms with van der Waals surface area (Å²) in [5.41, 5.74) is 1.51. The van der Waals surface area contributed by atoms with Gasteiger partial charge < -0.3 is 13.3 Å². The molecule has 4 rings (SSSR count). The van der Waals surface area contributed by atoms with E-state index in [2.05, 4.69) is 51.1 Å². The predicted molar refractivity (Wildman–Crippen MR) is 151 cm³/mol. The Morgan fingerprint density at radius 2 is 1.74 bits per heavy atom. The first-order valence-corrected chi connectivity index (χ1v) is 20.6. The third-order valence-corrected chi connectivity index (χ3v) is 18.6. The van der Waals surface area contributed by atoms with Crippen molar-refractivity contribution in [2.75, 3.05) is 13.2 Å². The molecule has 0 aliphatic carbocycles. The zero-order chi connectivity index (χ0) is 23.9. The number of unbranched alkanes of at least 4 members (excludes halogenated alkanes) is 2. The van der Waals surface area contributed by atoms with Crippen LogP contribution >= 0.6 is 0 Å². The minimum atomic E-state index is -2.30. The lowest BCUT2D eigenvalue weighted by atomic mass is 10.0. The average molecular weight is 517 g/mol. The van der Waals surface area contributed by atoms with Crippen LogP contribution in [0, 0.1) is 0 Å². The van der Waals surface area contributed by atoms with Crippen LogP contribution in [0.3, 0.4) is 0 Å². The Balaban J connectivity index is 1.73. The molecule has 3 nitrogen and oxygen atoms in total. The minimum absolute atomic E-state index is 0.0465. The highest BCUT2D eigenvalue weighted by atomic mass is 28.4. The Morgan fingerprint density at radius 1 is 1.00 bits per heavy atom. The fraction of sp³-hybridized carbons (Fsp3) is 0.714. The summed E-state index contributed by atoms with van der Waals surface area (Å²) < 4.78 is 20.2. The van der Waals surface area contributed by atoms with Gasteiger partial charge in [-0.25, -0.2) is 0 Å². The molecule has 1 aromatic carbocycles. The number of hydrogen-bond donors (Lipinski definition) is 0. The van der Waals surface area contributed by atoms with Crippen molar-refractivity contribution in [3.63, 3.8) is 0 Å². The average Bonchev–Trinajstić information content (AvgIpc) is 2.84. The van der Waals surface area contributed by atoms with Crippen LogP contribution in [0.1, 0.15) is 84.1 Å². The van der Waals surface area contributed by atoms with E-state index >= 15 is 0 Å². The normalized spacial score (nSPS) is 30.3. The van der Waals surface area contributed by atoms with Crippen molar-refractivity contribution < 1.29 is 13.3 Å². The summed E-state index contributed by atoms with van der Waals surface area (Å²) in [5, 5.41) is 3.27. The molecule has 0 saturated carbocycles. The molecule has 1 aromatic rings. The van der Waals surface area contributed by atoms with Crippen molar-refractivity contribution in [3.05, 3.63) is 41.1 Å². The molecule has 3 heterocycles. The maximum absolute atomic E-state index is 7.42. The van der Waals surface area contributed by atoms with Crippen molar-refractivity contribution in [3.8, 4) is 0 Å². The van der Waals surface area contributed by atoms with E-state index < -0.39 is 26.4 Å². The lowest BCUT2D eigenvalue weighted by Gasteiger charge is -2.47. The van der Waals surface area contributed by atoms with Gasteiger partial charge in [-0.1, -0.05) is 74.6 Å². The van der Waals surface area contributed by atoms with Crippen molar-refractivity contribution in [1.29, 1.82) is 0 Å². The number of rotatable bonds is 9. The Bertz CT molecular complexity index is 800. The quantitative estimate of drug-likeness (QED) is 0.287. The SMILES string of the molecule is CCCCC=C(C[SiH]1CCCCO1)[Si]1(c2ccccc2C[SiH]2CCCCO2)CCCC(C)(C)O1. The second-order valence-electron chi connectivity index (χ2n) is 11.5. The smallest absolute Gasteiger partial charge is 0.252 e. The molecule has 0 spiro atoms. The summed E-state index contributed by atoms with van der Waals surface area (Å²) >= 11 is 0. The van der Waals surface area contributed by atoms with Crippen LogP contribution in [-0.2, 0) is 19.3 Å². The molecular weight excluding hydrogens is 469 g/mol. The van der Waals surface area contributed by atoms with Gasteiger partial charge in [0.05, 0.1) is 5.60 Å². The van der Waals surface area contributed by atoms with Crippen LogP contribution in [0.15, 0.2) is 35.5 Å². The highest BCUT2D eigenvalue weighted by molar-refractivity contribution is 6.94. The standard InChI is InChI=1S/C28H48O3Si3/c1-4-5-6-15-26(24-33-21-12-10-19-30-33)34(22-13-17-28(2,3)31-34)27-16-8-7-14-25(27)23-32-20-11-9-18-29-32/h7-8,14-16,32-33H,4-6,9-13,17-24H2,1-3H3. The molecule has 6 heteroatoms. The topological polar surface area (TPSA) is 27.7 Å². The van der Waals surface area contributed by atoms with Gasteiger partial charge in [-0.05, 0) is 80.5 Å². The predicted octanol–water partition coefficient (Wildman–Crippen LogP) is 6.23. The van der Waals surface area contributed by atoms with Gasteiger partial charge in [-0.15, -0.1) is 0 Å². The van der Waals surface area contributed by atoms with E-state index in [0.717, 1.165) is 13.2 Å². The number of benzene rings is 1. The second-order valence-corrected chi connectivity index (χ2v) is 20.1. The van der Waals surface area contributed by atoms with Crippen LogP contribution in [0.5, 0.6) is 0 Å². The third-order valence-electron chi connectivity index (χ3n) is 8.12. The first-order chi connectivity index (χ1) is 16.5. The molecule has 3 fully saturated rings. The van der Waals surface area contributed by atoms with E-state index in [1.54, 1.807) is 15.9 Å². The molecule has 3 aliphatic heterocycles. The molecule has 0 radical (unpaired) electrons. The molecule has 0 aromatic heterocycles. The lowest BCUT2D eigenvalue weighted by Crippen LogP contribution is -2.61. The first-order valence-electron chi connectivity index (χ1n) is 14.2. The maximum Gasteiger partial charge on any atom is 0.252 e. The van der Waals surface area contributed by atoms with Gasteiger partial charge in [0.2, 0.25) is 0 Å². The molecule has 3 unspecified atom stereocenters. The summed E-state index contributed by atoms with van der Waals surface area (Å²) in [6, 6.07) is 15.7. The molecule has 3 saturated heterocycles. The van der Waals surface area contributed by atoms with E-state index in [4.69, 9.17) is 13.3 Å². The van der Waals surface area contributed by atoms with Crippen LogP contribution in [0.2, 0.25) is 24.2 Å². The fourth-order valence-corrected chi connectivity index (χ4v) is 18.1. The molecule has 0 amide bonds. The van der Waals surface area contributed by atoms with E-state index in [9.17, 15) is 0 Å². The van der Waals surface area contributed by atoms with Crippen molar-refractivity contribution >= 4 is 31.6 Å². The second kappa shape index (κ2) is 12.6. The Kier molecular flexibility index (Phi) is 9.87. The van der Waals surface area contributed by atoms with E-state index in [0.29, 0.717) is 0 Å². The third kappa shape index (κ3) is 6.83. The first kappa shape index (κ1) is 26.6. The van der Waals surface area contributed by atoms with Gasteiger partial charge in [0.15, 0.2) is 18.1 Å². The van der Waals surface area contributed by atoms with Crippen molar-refractivity contribution in [2.24, 2.45) is 0 Å². The van der Waals surface area contributed by atoms with E-state index in [-0.39, 0.29) is 5.60 Å². The van der Waals surface area contributed by atoms with Crippen molar-refractivity contribution in [2.45, 2.75) is 114 Å². The maximum atomic E-state index is 7.42. The summed E-state index contributed by atoms with van der Waals surface area (Å²) in [7, 11) is -4.67. The van der Waals surface area contributed by atoms with Gasteiger partial charge in [-0.2, -0.15) is 0 Å². The summed E-state index contributed by atoms with van der Waals surface area (Å²) in [5.74, 6) is 0. The van der Waals surface area contributed by atoms with Gasteiger partial charge in [0, 0.05) is 13.2 Å². The monoisotopic (exact) mass is 516 g/mol. The summed E-state index contributed by atoms with van der Waals surface area (Å²) in [6.07, 6.45) is 14.0. The fourth-order valence-electron chi connectivity index (χ4n) is 6.34.